The number of hydrogen-bond donors (Lipinski definition) is 1. The predicted octanol–water partition coefficient (Wildman–Crippen LogP) is 4.54. The average Bonchev–Trinajstić information content (AvgIpc) is 2.93. The highest BCUT2D eigenvalue weighted by Gasteiger charge is 2.11. The van der Waals surface area contributed by atoms with Gasteiger partial charge in [-0.3, -0.25) is 0 Å². The minimum atomic E-state index is 0.970. The van der Waals surface area contributed by atoms with Gasteiger partial charge in [0.05, 0.1) is 0 Å². The van der Waals surface area contributed by atoms with Crippen LogP contribution in [-0.2, 0) is 12.8 Å². The normalized spacial score (nSPS) is 13.2. The molecule has 3 rings (SSSR count). The van der Waals surface area contributed by atoms with Gasteiger partial charge in [-0.2, -0.15) is 0 Å². The van der Waals surface area contributed by atoms with Gasteiger partial charge in [-0.1, -0.05) is 30.8 Å². The summed E-state index contributed by atoms with van der Waals surface area (Å²) < 4.78 is 0. The molecule has 0 spiro atoms. The van der Waals surface area contributed by atoms with E-state index in [0.29, 0.717) is 0 Å². The first-order valence-electron chi connectivity index (χ1n) is 7.36. The number of pyridine rings is 1. The summed E-state index contributed by atoms with van der Waals surface area (Å²) in [5, 5.41) is 4.40. The van der Waals surface area contributed by atoms with Crippen molar-refractivity contribution in [2.45, 2.75) is 42.5 Å². The minimum Gasteiger partial charge on any atom is -0.370 e. The second-order valence-electron chi connectivity index (χ2n) is 5.17. The topological polar surface area (TPSA) is 24.9 Å². The van der Waals surface area contributed by atoms with Gasteiger partial charge in [0.1, 0.15) is 10.8 Å². The summed E-state index contributed by atoms with van der Waals surface area (Å²) in [7, 11) is 0. The third kappa shape index (κ3) is 3.15. The highest BCUT2D eigenvalue weighted by molar-refractivity contribution is 7.99. The molecule has 0 amide bonds. The Hall–Kier alpha value is -1.48. The summed E-state index contributed by atoms with van der Waals surface area (Å²) in [6, 6.07) is 13.0. The van der Waals surface area contributed by atoms with E-state index < -0.39 is 0 Å². The number of aryl methyl sites for hydroxylation is 2. The maximum Gasteiger partial charge on any atom is 0.127 e. The van der Waals surface area contributed by atoms with Crippen LogP contribution in [0.5, 0.6) is 0 Å². The molecule has 0 aliphatic heterocycles. The Morgan fingerprint density at radius 1 is 1.15 bits per heavy atom. The van der Waals surface area contributed by atoms with Crippen molar-refractivity contribution in [1.82, 2.24) is 4.98 Å². The molecule has 1 aromatic carbocycles. The molecule has 104 valence electrons. The average molecular weight is 284 g/mol. The van der Waals surface area contributed by atoms with E-state index in [4.69, 9.17) is 0 Å². The second kappa shape index (κ2) is 6.31. The SMILES string of the molecule is CCCNc1cccc(Sc2ccc3c(c2)CCC3)n1. The van der Waals surface area contributed by atoms with Crippen LogP contribution in [0.3, 0.4) is 0 Å². The maximum absolute atomic E-state index is 4.65. The van der Waals surface area contributed by atoms with E-state index in [9.17, 15) is 0 Å². The van der Waals surface area contributed by atoms with Crippen molar-refractivity contribution < 1.29 is 0 Å². The summed E-state index contributed by atoms with van der Waals surface area (Å²) in [6.07, 6.45) is 4.90. The Balaban J connectivity index is 1.74. The first kappa shape index (κ1) is 13.5. The first-order valence-corrected chi connectivity index (χ1v) is 8.17. The van der Waals surface area contributed by atoms with E-state index in [-0.39, 0.29) is 0 Å². The van der Waals surface area contributed by atoms with Gasteiger partial charge in [0.15, 0.2) is 0 Å². The van der Waals surface area contributed by atoms with Crippen LogP contribution in [0.15, 0.2) is 46.3 Å². The minimum absolute atomic E-state index is 0.970. The molecule has 20 heavy (non-hydrogen) atoms. The van der Waals surface area contributed by atoms with Crippen molar-refractivity contribution in [2.24, 2.45) is 0 Å². The van der Waals surface area contributed by atoms with Crippen LogP contribution in [0.2, 0.25) is 0 Å². The molecule has 1 N–H and O–H groups in total. The molecule has 0 fully saturated rings. The Morgan fingerprint density at radius 2 is 2.05 bits per heavy atom. The van der Waals surface area contributed by atoms with Crippen molar-refractivity contribution >= 4 is 17.6 Å². The lowest BCUT2D eigenvalue weighted by Crippen LogP contribution is -2.01. The highest BCUT2D eigenvalue weighted by Crippen LogP contribution is 2.31. The fraction of sp³-hybridized carbons (Fsp3) is 0.353. The summed E-state index contributed by atoms with van der Waals surface area (Å²) in [5.74, 6) is 0.970. The van der Waals surface area contributed by atoms with Crippen molar-refractivity contribution in [1.29, 1.82) is 0 Å². The van der Waals surface area contributed by atoms with Gasteiger partial charge in [0.2, 0.25) is 0 Å². The molecule has 1 heterocycles. The number of nitrogens with zero attached hydrogens (tertiary/aromatic N) is 1. The van der Waals surface area contributed by atoms with E-state index in [1.807, 2.05) is 6.07 Å². The van der Waals surface area contributed by atoms with Crippen molar-refractivity contribution in [2.75, 3.05) is 11.9 Å². The number of aromatic nitrogens is 1. The molecule has 3 heteroatoms. The van der Waals surface area contributed by atoms with Crippen LogP contribution < -0.4 is 5.32 Å². The van der Waals surface area contributed by atoms with Crippen LogP contribution in [0.4, 0.5) is 5.82 Å². The molecule has 0 bridgehead atoms. The highest BCUT2D eigenvalue weighted by atomic mass is 32.2. The van der Waals surface area contributed by atoms with Gasteiger partial charge in [0, 0.05) is 11.4 Å². The monoisotopic (exact) mass is 284 g/mol. The molecular weight excluding hydrogens is 264 g/mol. The van der Waals surface area contributed by atoms with Crippen molar-refractivity contribution in [3.63, 3.8) is 0 Å². The van der Waals surface area contributed by atoms with E-state index in [1.54, 1.807) is 11.8 Å². The van der Waals surface area contributed by atoms with Gasteiger partial charge in [-0.25, -0.2) is 4.98 Å². The van der Waals surface area contributed by atoms with E-state index in [0.717, 1.165) is 23.8 Å². The third-order valence-electron chi connectivity index (χ3n) is 3.57. The van der Waals surface area contributed by atoms with E-state index in [2.05, 4.69) is 47.6 Å². The number of rotatable bonds is 5. The zero-order chi connectivity index (χ0) is 13.8. The van der Waals surface area contributed by atoms with Crippen LogP contribution in [0.1, 0.15) is 30.9 Å². The second-order valence-corrected chi connectivity index (χ2v) is 6.27. The van der Waals surface area contributed by atoms with Gasteiger partial charge in [-0.05, 0) is 61.1 Å². The Labute approximate surface area is 125 Å². The van der Waals surface area contributed by atoms with E-state index >= 15 is 0 Å². The molecule has 1 aliphatic carbocycles. The molecule has 0 radical (unpaired) electrons. The number of nitrogens with one attached hydrogen (secondary N) is 1. The Morgan fingerprint density at radius 3 is 2.95 bits per heavy atom. The number of fused-ring (bicyclic) bond motifs is 1. The van der Waals surface area contributed by atoms with Crippen molar-refractivity contribution in [3.05, 3.63) is 47.5 Å². The summed E-state index contributed by atoms with van der Waals surface area (Å²) in [6.45, 7) is 3.14. The molecule has 0 atom stereocenters. The van der Waals surface area contributed by atoms with Gasteiger partial charge in [0.25, 0.3) is 0 Å². The lowest BCUT2D eigenvalue weighted by Gasteiger charge is -2.07. The van der Waals surface area contributed by atoms with Crippen LogP contribution >= 0.6 is 11.8 Å². The fourth-order valence-electron chi connectivity index (χ4n) is 2.56. The first-order chi connectivity index (χ1) is 9.85. The zero-order valence-corrected chi connectivity index (χ0v) is 12.7. The molecule has 2 nitrogen and oxygen atoms in total. The van der Waals surface area contributed by atoms with E-state index in [1.165, 1.54) is 35.3 Å². The third-order valence-corrected chi connectivity index (χ3v) is 4.50. The van der Waals surface area contributed by atoms with Crippen LogP contribution in [0.25, 0.3) is 0 Å². The van der Waals surface area contributed by atoms with Gasteiger partial charge in [-0.15, -0.1) is 0 Å². The Kier molecular flexibility index (Phi) is 4.26. The number of anilines is 1. The molecular formula is C17H20N2S. The number of hydrogen-bond acceptors (Lipinski definition) is 3. The molecule has 1 aromatic heterocycles. The Bertz CT molecular complexity index is 595. The molecule has 0 saturated heterocycles. The molecule has 0 saturated carbocycles. The lowest BCUT2D eigenvalue weighted by molar-refractivity contribution is 0.911. The smallest absolute Gasteiger partial charge is 0.127 e. The summed E-state index contributed by atoms with van der Waals surface area (Å²) in [4.78, 5) is 5.95. The van der Waals surface area contributed by atoms with Crippen LogP contribution in [-0.4, -0.2) is 11.5 Å². The zero-order valence-electron chi connectivity index (χ0n) is 11.9. The lowest BCUT2D eigenvalue weighted by atomic mass is 10.1. The maximum atomic E-state index is 4.65. The van der Waals surface area contributed by atoms with Crippen LogP contribution in [0, 0.1) is 0 Å². The summed E-state index contributed by atoms with van der Waals surface area (Å²) >= 11 is 1.75. The fourth-order valence-corrected chi connectivity index (χ4v) is 3.42. The molecule has 2 aromatic rings. The molecule has 1 aliphatic rings. The molecule has 0 unspecified atom stereocenters. The number of benzene rings is 1. The summed E-state index contributed by atoms with van der Waals surface area (Å²) in [5.41, 5.74) is 3.05. The van der Waals surface area contributed by atoms with Gasteiger partial charge >= 0.3 is 0 Å². The predicted molar refractivity (Wildman–Crippen MR) is 85.6 cm³/mol. The quantitative estimate of drug-likeness (QED) is 0.872. The van der Waals surface area contributed by atoms with Crippen molar-refractivity contribution in [3.8, 4) is 0 Å². The standard InChI is InChI=1S/C17H20N2S/c1-2-11-18-16-7-4-8-17(19-16)20-15-10-9-13-5-3-6-14(13)12-15/h4,7-10,12H,2-3,5-6,11H2,1H3,(H,18,19). The van der Waals surface area contributed by atoms with Gasteiger partial charge < -0.3 is 5.32 Å². The largest absolute Gasteiger partial charge is 0.370 e.